The van der Waals surface area contributed by atoms with Gasteiger partial charge in [0.05, 0.1) is 4.92 Å². The van der Waals surface area contributed by atoms with Crippen LogP contribution >= 0.6 is 0 Å². The molecule has 1 aliphatic rings. The molecule has 0 atom stereocenters. The smallest absolute Gasteiger partial charge is 0.292 e. The summed E-state index contributed by atoms with van der Waals surface area (Å²) < 4.78 is 0. The molecule has 0 aliphatic carbocycles. The lowest BCUT2D eigenvalue weighted by molar-refractivity contribution is -0.384. The first-order chi connectivity index (χ1) is 9.66. The van der Waals surface area contributed by atoms with Crippen molar-refractivity contribution >= 4 is 11.4 Å². The fourth-order valence-electron chi connectivity index (χ4n) is 2.66. The third-order valence-electron chi connectivity index (χ3n) is 3.79. The van der Waals surface area contributed by atoms with Crippen LogP contribution in [-0.2, 0) is 0 Å². The summed E-state index contributed by atoms with van der Waals surface area (Å²) in [6, 6.07) is 5.20. The standard InChI is InChI=1S/C15H23N3O2/c1-13-6-7-15(18(19)20)14(12-13)16-8-11-17-9-4-2-3-5-10-17/h6-7,12,16H,2-5,8-11H2,1H3. The second-order valence-electron chi connectivity index (χ2n) is 5.46. The van der Waals surface area contributed by atoms with E-state index in [0.717, 1.165) is 31.7 Å². The Kier molecular flexibility index (Phi) is 5.35. The minimum absolute atomic E-state index is 0.159. The summed E-state index contributed by atoms with van der Waals surface area (Å²) >= 11 is 0. The monoisotopic (exact) mass is 277 g/mol. The second kappa shape index (κ2) is 7.24. The first-order valence-electron chi connectivity index (χ1n) is 7.38. The molecule has 20 heavy (non-hydrogen) atoms. The van der Waals surface area contributed by atoms with Crippen LogP contribution in [0, 0.1) is 17.0 Å². The van der Waals surface area contributed by atoms with E-state index in [-0.39, 0.29) is 10.6 Å². The van der Waals surface area contributed by atoms with E-state index in [1.807, 2.05) is 13.0 Å². The number of likely N-dealkylation sites (tertiary alicyclic amines) is 1. The molecule has 1 saturated heterocycles. The van der Waals surface area contributed by atoms with E-state index in [9.17, 15) is 10.1 Å². The molecule has 0 saturated carbocycles. The lowest BCUT2D eigenvalue weighted by Crippen LogP contribution is -2.30. The highest BCUT2D eigenvalue weighted by atomic mass is 16.6. The van der Waals surface area contributed by atoms with E-state index in [1.54, 1.807) is 12.1 Å². The van der Waals surface area contributed by atoms with Crippen molar-refractivity contribution in [3.05, 3.63) is 33.9 Å². The Morgan fingerprint density at radius 2 is 1.95 bits per heavy atom. The number of nitrogens with zero attached hydrogens (tertiary/aromatic N) is 2. The Morgan fingerprint density at radius 1 is 1.25 bits per heavy atom. The van der Waals surface area contributed by atoms with Crippen molar-refractivity contribution in [3.8, 4) is 0 Å². The zero-order valence-corrected chi connectivity index (χ0v) is 12.1. The fraction of sp³-hybridized carbons (Fsp3) is 0.600. The van der Waals surface area contributed by atoms with E-state index >= 15 is 0 Å². The number of hydrogen-bond acceptors (Lipinski definition) is 4. The molecular formula is C15H23N3O2. The molecule has 0 aromatic heterocycles. The van der Waals surface area contributed by atoms with Gasteiger partial charge in [-0.15, -0.1) is 0 Å². The van der Waals surface area contributed by atoms with E-state index in [2.05, 4.69) is 10.2 Å². The van der Waals surface area contributed by atoms with Gasteiger partial charge in [0, 0.05) is 19.2 Å². The zero-order chi connectivity index (χ0) is 14.4. The molecule has 1 aliphatic heterocycles. The lowest BCUT2D eigenvalue weighted by Gasteiger charge is -2.20. The van der Waals surface area contributed by atoms with Crippen LogP contribution in [0.2, 0.25) is 0 Å². The van der Waals surface area contributed by atoms with Gasteiger partial charge in [-0.3, -0.25) is 10.1 Å². The van der Waals surface area contributed by atoms with Crippen molar-refractivity contribution < 1.29 is 4.92 Å². The average molecular weight is 277 g/mol. The molecule has 110 valence electrons. The van der Waals surface area contributed by atoms with Gasteiger partial charge in [-0.1, -0.05) is 18.9 Å². The number of benzene rings is 1. The van der Waals surface area contributed by atoms with E-state index in [0.29, 0.717) is 5.69 Å². The van der Waals surface area contributed by atoms with Gasteiger partial charge >= 0.3 is 0 Å². The molecule has 0 bridgehead atoms. The highest BCUT2D eigenvalue weighted by Gasteiger charge is 2.14. The molecule has 0 radical (unpaired) electrons. The Bertz CT molecular complexity index is 454. The quantitative estimate of drug-likeness (QED) is 0.663. The van der Waals surface area contributed by atoms with Crippen LogP contribution in [0.1, 0.15) is 31.2 Å². The van der Waals surface area contributed by atoms with E-state index in [4.69, 9.17) is 0 Å². The fourth-order valence-corrected chi connectivity index (χ4v) is 2.66. The first kappa shape index (κ1) is 14.8. The van der Waals surface area contributed by atoms with Gasteiger partial charge in [0.15, 0.2) is 0 Å². The maximum absolute atomic E-state index is 11.0. The summed E-state index contributed by atoms with van der Waals surface area (Å²) in [6.45, 7) is 5.95. The van der Waals surface area contributed by atoms with Gasteiger partial charge in [0.2, 0.25) is 0 Å². The SMILES string of the molecule is Cc1ccc([N+](=O)[O-])c(NCCN2CCCCCC2)c1. The van der Waals surface area contributed by atoms with Gasteiger partial charge < -0.3 is 10.2 Å². The summed E-state index contributed by atoms with van der Waals surface area (Å²) in [6.07, 6.45) is 5.19. The second-order valence-corrected chi connectivity index (χ2v) is 5.46. The maximum atomic E-state index is 11.0. The molecule has 1 aromatic rings. The van der Waals surface area contributed by atoms with Crippen LogP contribution in [-0.4, -0.2) is 36.0 Å². The Morgan fingerprint density at radius 3 is 2.60 bits per heavy atom. The van der Waals surface area contributed by atoms with E-state index in [1.165, 1.54) is 25.7 Å². The average Bonchev–Trinajstić information content (AvgIpc) is 2.67. The number of nitro groups is 1. The van der Waals surface area contributed by atoms with Crippen LogP contribution in [0.3, 0.4) is 0 Å². The molecule has 2 rings (SSSR count). The predicted octanol–water partition coefficient (Wildman–Crippen LogP) is 3.19. The molecule has 1 heterocycles. The minimum atomic E-state index is -0.326. The summed E-state index contributed by atoms with van der Waals surface area (Å²) in [5, 5.41) is 14.2. The van der Waals surface area contributed by atoms with Crippen LogP contribution in [0.5, 0.6) is 0 Å². The Hall–Kier alpha value is -1.62. The molecule has 0 unspecified atom stereocenters. The topological polar surface area (TPSA) is 58.4 Å². The minimum Gasteiger partial charge on any atom is -0.378 e. The molecule has 1 aromatic carbocycles. The van der Waals surface area contributed by atoms with Crippen LogP contribution in [0.25, 0.3) is 0 Å². The number of hydrogen-bond donors (Lipinski definition) is 1. The van der Waals surface area contributed by atoms with Crippen molar-refractivity contribution in [2.45, 2.75) is 32.6 Å². The Balaban J connectivity index is 1.89. The summed E-state index contributed by atoms with van der Waals surface area (Å²) in [5.41, 5.74) is 1.82. The largest absolute Gasteiger partial charge is 0.378 e. The van der Waals surface area contributed by atoms with Gasteiger partial charge in [-0.25, -0.2) is 0 Å². The van der Waals surface area contributed by atoms with Crippen LogP contribution in [0.4, 0.5) is 11.4 Å². The lowest BCUT2D eigenvalue weighted by atomic mass is 10.2. The first-order valence-corrected chi connectivity index (χ1v) is 7.38. The molecular weight excluding hydrogens is 254 g/mol. The Labute approximate surface area is 120 Å². The van der Waals surface area contributed by atoms with Crippen LogP contribution < -0.4 is 5.32 Å². The normalized spacial score (nSPS) is 16.6. The molecule has 1 N–H and O–H groups in total. The molecule has 0 spiro atoms. The molecule has 5 heteroatoms. The third kappa shape index (κ3) is 4.20. The summed E-state index contributed by atoms with van der Waals surface area (Å²) in [5.74, 6) is 0. The van der Waals surface area contributed by atoms with Gasteiger partial charge in [-0.05, 0) is 44.5 Å². The summed E-state index contributed by atoms with van der Waals surface area (Å²) in [7, 11) is 0. The summed E-state index contributed by atoms with van der Waals surface area (Å²) in [4.78, 5) is 13.1. The number of rotatable bonds is 5. The third-order valence-corrected chi connectivity index (χ3v) is 3.79. The highest BCUT2D eigenvalue weighted by molar-refractivity contribution is 5.62. The molecule has 0 amide bonds. The van der Waals surface area contributed by atoms with Crippen LogP contribution in [0.15, 0.2) is 18.2 Å². The zero-order valence-electron chi connectivity index (χ0n) is 12.1. The van der Waals surface area contributed by atoms with Crippen molar-refractivity contribution in [2.24, 2.45) is 0 Å². The van der Waals surface area contributed by atoms with Crippen molar-refractivity contribution in [3.63, 3.8) is 0 Å². The number of anilines is 1. The van der Waals surface area contributed by atoms with Gasteiger partial charge in [-0.2, -0.15) is 0 Å². The van der Waals surface area contributed by atoms with Gasteiger partial charge in [0.25, 0.3) is 5.69 Å². The van der Waals surface area contributed by atoms with Gasteiger partial charge in [0.1, 0.15) is 5.69 Å². The van der Waals surface area contributed by atoms with Crippen molar-refractivity contribution in [1.29, 1.82) is 0 Å². The number of nitrogens with one attached hydrogen (secondary N) is 1. The predicted molar refractivity (Wildman–Crippen MR) is 81.2 cm³/mol. The molecule has 1 fully saturated rings. The van der Waals surface area contributed by atoms with Crippen molar-refractivity contribution in [1.82, 2.24) is 4.90 Å². The number of nitro benzene ring substituents is 1. The molecule has 5 nitrogen and oxygen atoms in total. The van der Waals surface area contributed by atoms with Crippen molar-refractivity contribution in [2.75, 3.05) is 31.5 Å². The highest BCUT2D eigenvalue weighted by Crippen LogP contribution is 2.24. The number of aryl methyl sites for hydroxylation is 1. The maximum Gasteiger partial charge on any atom is 0.292 e. The van der Waals surface area contributed by atoms with E-state index < -0.39 is 0 Å².